The Bertz CT molecular complexity index is 549. The number of piperidine rings is 1. The van der Waals surface area contributed by atoms with E-state index in [1.165, 1.54) is 35.6 Å². The van der Waals surface area contributed by atoms with E-state index >= 15 is 0 Å². The first-order valence-electron chi connectivity index (χ1n) is 6.70. The van der Waals surface area contributed by atoms with E-state index in [9.17, 15) is 0 Å². The van der Waals surface area contributed by atoms with E-state index in [2.05, 4.69) is 52.6 Å². The Balaban J connectivity index is 1.87. The maximum Gasteiger partial charge on any atom is 0.0549 e. The van der Waals surface area contributed by atoms with Gasteiger partial charge >= 0.3 is 0 Å². The molecule has 2 aromatic carbocycles. The number of hydrogen-bond donors (Lipinski definition) is 0. The van der Waals surface area contributed by atoms with Crippen LogP contribution in [0.25, 0.3) is 10.8 Å². The van der Waals surface area contributed by atoms with Gasteiger partial charge in [0.1, 0.15) is 0 Å². The third-order valence-corrected chi connectivity index (χ3v) is 3.52. The van der Waals surface area contributed by atoms with E-state index in [1.54, 1.807) is 0 Å². The lowest BCUT2D eigenvalue weighted by Crippen LogP contribution is -2.24. The molecule has 2 nitrogen and oxygen atoms in total. The van der Waals surface area contributed by atoms with E-state index in [0.717, 1.165) is 13.1 Å². The molecule has 1 saturated heterocycles. The molecule has 1 heterocycles. The second-order valence-electron chi connectivity index (χ2n) is 4.83. The highest BCUT2D eigenvalue weighted by Crippen LogP contribution is 2.17. The second-order valence-corrected chi connectivity index (χ2v) is 4.83. The number of rotatable bonds is 2. The summed E-state index contributed by atoms with van der Waals surface area (Å²) in [6, 6.07) is 14.8. The average molecular weight is 238 g/mol. The van der Waals surface area contributed by atoms with Crippen LogP contribution in [0.2, 0.25) is 0 Å². The van der Waals surface area contributed by atoms with Gasteiger partial charge in [-0.15, -0.1) is 0 Å². The van der Waals surface area contributed by atoms with Crippen molar-refractivity contribution >= 4 is 17.0 Å². The number of hydrazone groups is 1. The standard InChI is InChI=1S/C16H18N2/c1-4-11-18(12-5-1)17-13-15-9-6-8-14-7-2-3-10-16(14)15/h2-3,6-10,13H,1,4-5,11-12H2. The Morgan fingerprint density at radius 1 is 0.889 bits per heavy atom. The molecule has 2 heteroatoms. The van der Waals surface area contributed by atoms with Gasteiger partial charge in [-0.3, -0.25) is 5.01 Å². The van der Waals surface area contributed by atoms with E-state index in [4.69, 9.17) is 0 Å². The fraction of sp³-hybridized carbons (Fsp3) is 0.312. The summed E-state index contributed by atoms with van der Waals surface area (Å²) in [6.07, 6.45) is 5.90. The lowest BCUT2D eigenvalue weighted by molar-refractivity contribution is 0.240. The van der Waals surface area contributed by atoms with Gasteiger partial charge in [0, 0.05) is 18.7 Å². The smallest absolute Gasteiger partial charge is 0.0549 e. The van der Waals surface area contributed by atoms with Crippen LogP contribution in [0.5, 0.6) is 0 Å². The predicted octanol–water partition coefficient (Wildman–Crippen LogP) is 3.66. The largest absolute Gasteiger partial charge is 0.297 e. The number of nitrogens with zero attached hydrogens (tertiary/aromatic N) is 2. The Hall–Kier alpha value is -1.83. The van der Waals surface area contributed by atoms with Gasteiger partial charge in [0.2, 0.25) is 0 Å². The summed E-state index contributed by atoms with van der Waals surface area (Å²) >= 11 is 0. The lowest BCUT2D eigenvalue weighted by atomic mass is 10.1. The number of benzene rings is 2. The molecule has 0 aliphatic carbocycles. The normalized spacial score (nSPS) is 16.6. The highest BCUT2D eigenvalue weighted by atomic mass is 15.4. The van der Waals surface area contributed by atoms with Crippen molar-refractivity contribution in [2.75, 3.05) is 13.1 Å². The quantitative estimate of drug-likeness (QED) is 0.729. The highest BCUT2D eigenvalue weighted by molar-refractivity contribution is 5.99. The van der Waals surface area contributed by atoms with Gasteiger partial charge < -0.3 is 0 Å². The molecule has 3 rings (SSSR count). The summed E-state index contributed by atoms with van der Waals surface area (Å²) in [7, 11) is 0. The first kappa shape index (κ1) is 11.3. The molecule has 0 saturated carbocycles. The van der Waals surface area contributed by atoms with E-state index in [0.29, 0.717) is 0 Å². The van der Waals surface area contributed by atoms with Crippen LogP contribution in [0.4, 0.5) is 0 Å². The number of hydrogen-bond acceptors (Lipinski definition) is 2. The molecule has 1 aliphatic heterocycles. The molecule has 18 heavy (non-hydrogen) atoms. The van der Waals surface area contributed by atoms with Crippen molar-refractivity contribution in [3.05, 3.63) is 48.0 Å². The van der Waals surface area contributed by atoms with Crippen molar-refractivity contribution in [2.24, 2.45) is 5.10 Å². The topological polar surface area (TPSA) is 15.6 Å². The van der Waals surface area contributed by atoms with Crippen LogP contribution < -0.4 is 0 Å². The van der Waals surface area contributed by atoms with Crippen LogP contribution in [0.1, 0.15) is 24.8 Å². The Labute approximate surface area is 108 Å². The van der Waals surface area contributed by atoms with Crippen LogP contribution in [-0.4, -0.2) is 24.3 Å². The fourth-order valence-corrected chi connectivity index (χ4v) is 2.50. The SMILES string of the molecule is C(=NN1CCCCC1)c1cccc2ccccc12. The molecule has 0 spiro atoms. The summed E-state index contributed by atoms with van der Waals surface area (Å²) in [5.41, 5.74) is 1.21. The zero-order chi connectivity index (χ0) is 12.2. The lowest BCUT2D eigenvalue weighted by Gasteiger charge is -2.23. The molecular weight excluding hydrogens is 220 g/mol. The molecule has 0 bridgehead atoms. The first-order chi connectivity index (χ1) is 8.93. The van der Waals surface area contributed by atoms with Crippen LogP contribution in [0.15, 0.2) is 47.6 Å². The maximum absolute atomic E-state index is 4.61. The highest BCUT2D eigenvalue weighted by Gasteiger charge is 2.06. The minimum Gasteiger partial charge on any atom is -0.297 e. The van der Waals surface area contributed by atoms with E-state index in [1.807, 2.05) is 6.21 Å². The van der Waals surface area contributed by atoms with Crippen molar-refractivity contribution in [2.45, 2.75) is 19.3 Å². The zero-order valence-electron chi connectivity index (χ0n) is 10.5. The molecule has 2 aromatic rings. The minimum atomic E-state index is 1.10. The van der Waals surface area contributed by atoms with E-state index in [-0.39, 0.29) is 0 Å². The first-order valence-corrected chi connectivity index (χ1v) is 6.70. The predicted molar refractivity (Wildman–Crippen MR) is 77.0 cm³/mol. The summed E-state index contributed by atoms with van der Waals surface area (Å²) in [4.78, 5) is 0. The van der Waals surface area contributed by atoms with Crippen LogP contribution >= 0.6 is 0 Å². The summed E-state index contributed by atoms with van der Waals surface area (Å²) in [5.74, 6) is 0. The molecular formula is C16H18N2. The third-order valence-electron chi connectivity index (χ3n) is 3.52. The molecule has 0 radical (unpaired) electrons. The zero-order valence-corrected chi connectivity index (χ0v) is 10.5. The van der Waals surface area contributed by atoms with Gasteiger partial charge in [0.25, 0.3) is 0 Å². The summed E-state index contributed by atoms with van der Waals surface area (Å²) in [5, 5.41) is 9.35. The Kier molecular flexibility index (Phi) is 3.26. The number of fused-ring (bicyclic) bond motifs is 1. The van der Waals surface area contributed by atoms with Crippen LogP contribution in [0, 0.1) is 0 Å². The van der Waals surface area contributed by atoms with Gasteiger partial charge in [0.05, 0.1) is 6.21 Å². The Morgan fingerprint density at radius 2 is 1.67 bits per heavy atom. The maximum atomic E-state index is 4.61. The monoisotopic (exact) mass is 238 g/mol. The van der Waals surface area contributed by atoms with Crippen molar-refractivity contribution in [1.82, 2.24) is 5.01 Å². The molecule has 0 aromatic heterocycles. The van der Waals surface area contributed by atoms with Crippen molar-refractivity contribution in [1.29, 1.82) is 0 Å². The second kappa shape index (κ2) is 5.21. The summed E-state index contributed by atoms with van der Waals surface area (Å²) < 4.78 is 0. The van der Waals surface area contributed by atoms with Gasteiger partial charge in [0.15, 0.2) is 0 Å². The molecule has 92 valence electrons. The average Bonchev–Trinajstić information content (AvgIpc) is 2.46. The van der Waals surface area contributed by atoms with Crippen LogP contribution in [0.3, 0.4) is 0 Å². The third kappa shape index (κ3) is 2.37. The van der Waals surface area contributed by atoms with Crippen LogP contribution in [-0.2, 0) is 0 Å². The molecule has 1 aliphatic rings. The van der Waals surface area contributed by atoms with Gasteiger partial charge in [-0.05, 0) is 30.0 Å². The fourth-order valence-electron chi connectivity index (χ4n) is 2.50. The molecule has 0 amide bonds. The minimum absolute atomic E-state index is 1.10. The summed E-state index contributed by atoms with van der Waals surface area (Å²) in [6.45, 7) is 2.20. The van der Waals surface area contributed by atoms with Gasteiger partial charge in [-0.2, -0.15) is 5.10 Å². The molecule has 0 unspecified atom stereocenters. The van der Waals surface area contributed by atoms with Crippen molar-refractivity contribution in [3.8, 4) is 0 Å². The van der Waals surface area contributed by atoms with Crippen molar-refractivity contribution in [3.63, 3.8) is 0 Å². The molecule has 0 atom stereocenters. The van der Waals surface area contributed by atoms with E-state index < -0.39 is 0 Å². The Morgan fingerprint density at radius 3 is 2.56 bits per heavy atom. The van der Waals surface area contributed by atoms with Gasteiger partial charge in [-0.1, -0.05) is 42.5 Å². The van der Waals surface area contributed by atoms with Gasteiger partial charge in [-0.25, -0.2) is 0 Å². The van der Waals surface area contributed by atoms with Crippen molar-refractivity contribution < 1.29 is 0 Å². The molecule has 0 N–H and O–H groups in total. The molecule has 1 fully saturated rings.